The van der Waals surface area contributed by atoms with Gasteiger partial charge in [0, 0.05) is 17.4 Å². The van der Waals surface area contributed by atoms with Crippen LogP contribution in [-0.4, -0.2) is 24.4 Å². The lowest BCUT2D eigenvalue weighted by atomic mass is 10.0. The summed E-state index contributed by atoms with van der Waals surface area (Å²) in [6.07, 6.45) is -0.298. The maximum atomic E-state index is 11.7. The number of carbonyl (C=O) groups excluding carboxylic acids is 1. The normalized spacial score (nSPS) is 15.3. The Bertz CT molecular complexity index is 745. The highest BCUT2D eigenvalue weighted by atomic mass is 16.6. The van der Waals surface area contributed by atoms with E-state index in [1.54, 1.807) is 4.90 Å². The number of rotatable bonds is 5. The van der Waals surface area contributed by atoms with Crippen molar-refractivity contribution in [3.05, 3.63) is 59.2 Å². The monoisotopic (exact) mass is 326 g/mol. The van der Waals surface area contributed by atoms with Crippen molar-refractivity contribution in [2.45, 2.75) is 26.5 Å². The van der Waals surface area contributed by atoms with Crippen LogP contribution in [0, 0.1) is 6.92 Å². The first kappa shape index (κ1) is 16.3. The van der Waals surface area contributed by atoms with Crippen molar-refractivity contribution in [2.24, 2.45) is 0 Å². The highest BCUT2D eigenvalue weighted by Crippen LogP contribution is 2.28. The van der Waals surface area contributed by atoms with E-state index < -0.39 is 0 Å². The number of hydrogen-bond donors (Lipinski definition) is 2. The number of cyclic esters (lactones) is 1. The maximum Gasteiger partial charge on any atom is 0.414 e. The summed E-state index contributed by atoms with van der Waals surface area (Å²) < 4.78 is 5.01. The van der Waals surface area contributed by atoms with Crippen molar-refractivity contribution in [3.8, 4) is 0 Å². The molecule has 0 aliphatic carbocycles. The van der Waals surface area contributed by atoms with Gasteiger partial charge in [-0.05, 0) is 42.7 Å². The molecule has 2 aromatic carbocycles. The van der Waals surface area contributed by atoms with Gasteiger partial charge in [-0.3, -0.25) is 4.90 Å². The van der Waals surface area contributed by atoms with Crippen LogP contribution in [0.3, 0.4) is 0 Å². The van der Waals surface area contributed by atoms with Gasteiger partial charge in [-0.1, -0.05) is 30.3 Å². The van der Waals surface area contributed by atoms with Crippen LogP contribution in [0.4, 0.5) is 16.2 Å². The van der Waals surface area contributed by atoms with Crippen molar-refractivity contribution in [2.75, 3.05) is 23.4 Å². The van der Waals surface area contributed by atoms with Crippen LogP contribution >= 0.6 is 0 Å². The highest BCUT2D eigenvalue weighted by molar-refractivity contribution is 5.90. The Morgan fingerprint density at radius 2 is 2.12 bits per heavy atom. The second-order valence-electron chi connectivity index (χ2n) is 6.03. The van der Waals surface area contributed by atoms with E-state index in [2.05, 4.69) is 12.2 Å². The molecule has 0 bridgehead atoms. The predicted molar refractivity (Wildman–Crippen MR) is 94.3 cm³/mol. The Morgan fingerprint density at radius 3 is 2.83 bits per heavy atom. The largest absolute Gasteiger partial charge is 0.447 e. The van der Waals surface area contributed by atoms with E-state index in [0.717, 1.165) is 28.1 Å². The third-order valence-corrected chi connectivity index (χ3v) is 4.30. The van der Waals surface area contributed by atoms with Gasteiger partial charge in [0.05, 0.1) is 13.2 Å². The van der Waals surface area contributed by atoms with E-state index in [9.17, 15) is 9.90 Å². The molecule has 2 N–H and O–H groups in total. The lowest BCUT2D eigenvalue weighted by molar-refractivity contribution is 0.181. The van der Waals surface area contributed by atoms with Gasteiger partial charge in [0.25, 0.3) is 0 Å². The van der Waals surface area contributed by atoms with Gasteiger partial charge >= 0.3 is 6.09 Å². The third kappa shape index (κ3) is 3.36. The molecular weight excluding hydrogens is 304 g/mol. The minimum atomic E-state index is -0.298. The molecule has 5 nitrogen and oxygen atoms in total. The summed E-state index contributed by atoms with van der Waals surface area (Å²) in [6, 6.07) is 13.9. The summed E-state index contributed by atoms with van der Waals surface area (Å²) in [5, 5.41) is 12.8. The predicted octanol–water partition coefficient (Wildman–Crippen LogP) is 3.62. The Morgan fingerprint density at radius 1 is 1.29 bits per heavy atom. The van der Waals surface area contributed by atoms with Gasteiger partial charge in [0.2, 0.25) is 0 Å². The van der Waals surface area contributed by atoms with Crippen LogP contribution in [0.5, 0.6) is 0 Å². The summed E-state index contributed by atoms with van der Waals surface area (Å²) in [4.78, 5) is 13.4. The average molecular weight is 326 g/mol. The van der Waals surface area contributed by atoms with E-state index in [1.165, 1.54) is 0 Å². The second-order valence-corrected chi connectivity index (χ2v) is 6.03. The Hall–Kier alpha value is -2.53. The first-order valence-corrected chi connectivity index (χ1v) is 8.09. The molecule has 0 spiro atoms. The smallest absolute Gasteiger partial charge is 0.414 e. The number of benzene rings is 2. The van der Waals surface area contributed by atoms with Crippen LogP contribution in [-0.2, 0) is 11.3 Å². The molecule has 1 unspecified atom stereocenters. The number of aliphatic hydroxyl groups is 1. The fraction of sp³-hybridized carbons (Fsp3) is 0.316. The molecule has 1 amide bonds. The molecule has 1 aliphatic rings. The molecular formula is C19H22N2O3. The minimum absolute atomic E-state index is 0.0339. The zero-order valence-corrected chi connectivity index (χ0v) is 14.0. The van der Waals surface area contributed by atoms with Crippen molar-refractivity contribution >= 4 is 17.5 Å². The quantitative estimate of drug-likeness (QED) is 0.881. The van der Waals surface area contributed by atoms with E-state index in [4.69, 9.17) is 4.74 Å². The fourth-order valence-electron chi connectivity index (χ4n) is 2.84. The van der Waals surface area contributed by atoms with E-state index in [1.807, 2.05) is 49.4 Å². The van der Waals surface area contributed by atoms with Gasteiger partial charge in [-0.25, -0.2) is 4.79 Å². The standard InChI is InChI=1S/C19H22N2O3/c1-13-6-7-17(21-8-9-24-19(21)23)11-18(13)20-14(2)16-5-3-4-15(10-16)12-22/h3-7,10-11,14,20,22H,8-9,12H2,1-2H3. The molecule has 24 heavy (non-hydrogen) atoms. The number of aliphatic hydroxyl groups excluding tert-OH is 1. The molecule has 3 rings (SSSR count). The SMILES string of the molecule is Cc1ccc(N2CCOC2=O)cc1NC(C)c1cccc(CO)c1. The van der Waals surface area contributed by atoms with Gasteiger partial charge in [0.1, 0.15) is 6.61 Å². The number of ether oxygens (including phenoxy) is 1. The van der Waals surface area contributed by atoms with Gasteiger partial charge < -0.3 is 15.2 Å². The summed E-state index contributed by atoms with van der Waals surface area (Å²) in [5.41, 5.74) is 4.92. The lowest BCUT2D eigenvalue weighted by Gasteiger charge is -2.20. The lowest BCUT2D eigenvalue weighted by Crippen LogP contribution is -2.23. The Balaban J connectivity index is 1.82. The highest BCUT2D eigenvalue weighted by Gasteiger charge is 2.24. The minimum Gasteiger partial charge on any atom is -0.447 e. The number of amides is 1. The Labute approximate surface area is 141 Å². The first-order valence-electron chi connectivity index (χ1n) is 8.09. The molecule has 126 valence electrons. The van der Waals surface area contributed by atoms with E-state index in [0.29, 0.717) is 13.2 Å². The molecule has 5 heteroatoms. The zero-order valence-electron chi connectivity index (χ0n) is 14.0. The van der Waals surface area contributed by atoms with Crippen LogP contribution in [0.2, 0.25) is 0 Å². The van der Waals surface area contributed by atoms with Crippen molar-refractivity contribution < 1.29 is 14.6 Å². The van der Waals surface area contributed by atoms with Crippen LogP contribution in [0.25, 0.3) is 0 Å². The molecule has 1 saturated heterocycles. The number of hydrogen-bond acceptors (Lipinski definition) is 4. The molecule has 2 aromatic rings. The third-order valence-electron chi connectivity index (χ3n) is 4.30. The molecule has 1 aliphatic heterocycles. The topological polar surface area (TPSA) is 61.8 Å². The van der Waals surface area contributed by atoms with E-state index >= 15 is 0 Å². The van der Waals surface area contributed by atoms with Crippen LogP contribution < -0.4 is 10.2 Å². The molecule has 1 atom stereocenters. The number of anilines is 2. The summed E-state index contributed by atoms with van der Waals surface area (Å²) in [6.45, 7) is 5.15. The number of carbonyl (C=O) groups is 1. The van der Waals surface area contributed by atoms with Crippen molar-refractivity contribution in [1.82, 2.24) is 0 Å². The van der Waals surface area contributed by atoms with Gasteiger partial charge in [0.15, 0.2) is 0 Å². The zero-order chi connectivity index (χ0) is 17.1. The second kappa shape index (κ2) is 6.93. The number of aryl methyl sites for hydroxylation is 1. The number of nitrogens with one attached hydrogen (secondary N) is 1. The summed E-state index contributed by atoms with van der Waals surface area (Å²) in [5.74, 6) is 0. The summed E-state index contributed by atoms with van der Waals surface area (Å²) in [7, 11) is 0. The molecule has 1 heterocycles. The Kier molecular flexibility index (Phi) is 4.71. The molecule has 0 radical (unpaired) electrons. The summed E-state index contributed by atoms with van der Waals surface area (Å²) >= 11 is 0. The van der Waals surface area contributed by atoms with Crippen molar-refractivity contribution in [1.29, 1.82) is 0 Å². The van der Waals surface area contributed by atoms with Crippen LogP contribution in [0.1, 0.15) is 29.7 Å². The first-order chi connectivity index (χ1) is 11.6. The van der Waals surface area contributed by atoms with E-state index in [-0.39, 0.29) is 18.7 Å². The van der Waals surface area contributed by atoms with Gasteiger partial charge in [-0.2, -0.15) is 0 Å². The molecule has 0 saturated carbocycles. The van der Waals surface area contributed by atoms with Crippen LogP contribution in [0.15, 0.2) is 42.5 Å². The van der Waals surface area contributed by atoms with Crippen molar-refractivity contribution in [3.63, 3.8) is 0 Å². The maximum absolute atomic E-state index is 11.7. The van der Waals surface area contributed by atoms with Gasteiger partial charge in [-0.15, -0.1) is 0 Å². The fourth-order valence-corrected chi connectivity index (χ4v) is 2.84. The average Bonchev–Trinajstić information content (AvgIpc) is 3.03. The molecule has 1 fully saturated rings. The molecule has 0 aromatic heterocycles. The number of nitrogens with zero attached hydrogens (tertiary/aromatic N) is 1.